The lowest BCUT2D eigenvalue weighted by atomic mass is 10.1. The van der Waals surface area contributed by atoms with Crippen LogP contribution in [0.25, 0.3) is 0 Å². The minimum absolute atomic E-state index is 0. The molecule has 1 amide bonds. The van der Waals surface area contributed by atoms with Crippen LogP contribution in [0.5, 0.6) is 0 Å². The Balaban J connectivity index is 0.00000312. The van der Waals surface area contributed by atoms with Crippen molar-refractivity contribution in [1.29, 1.82) is 0 Å². The van der Waals surface area contributed by atoms with Crippen molar-refractivity contribution in [2.75, 3.05) is 13.1 Å². The fourth-order valence-corrected chi connectivity index (χ4v) is 2.40. The van der Waals surface area contributed by atoms with E-state index < -0.39 is 27.9 Å². The molecule has 1 aliphatic heterocycles. The maximum atomic E-state index is 12.2. The van der Waals surface area contributed by atoms with Gasteiger partial charge in [0.15, 0.2) is 5.69 Å². The second-order valence-electron chi connectivity index (χ2n) is 4.84. The predicted octanol–water partition coefficient (Wildman–Crippen LogP) is -1.67. The van der Waals surface area contributed by atoms with Crippen LogP contribution in [0.3, 0.4) is 0 Å². The highest BCUT2D eigenvalue weighted by atomic mass is 32.3. The van der Waals surface area contributed by atoms with E-state index in [9.17, 15) is 18.0 Å². The van der Waals surface area contributed by atoms with Gasteiger partial charge < -0.3 is 16.1 Å². The standard InChI is InChI=1S/C13H16N4O6S.H2O/c1-2-14-13(19)11(18)12-16-10(9-5-3-4-7-15-9)6-8-17(12)23-24(20,21)22;/h3,5-6,8-9,15H,2,4,7H2,1H3,(H-,14,19,20,21,22);1H2. The number of rotatable bonds is 6. The molecule has 12 heteroatoms. The molecule has 0 saturated carbocycles. The summed E-state index contributed by atoms with van der Waals surface area (Å²) < 4.78 is 35.3. The van der Waals surface area contributed by atoms with Gasteiger partial charge in [-0.3, -0.25) is 14.1 Å². The van der Waals surface area contributed by atoms with E-state index in [0.717, 1.165) is 12.6 Å². The third kappa shape index (κ3) is 5.56. The van der Waals surface area contributed by atoms with E-state index >= 15 is 0 Å². The number of carbonyl (C=O) groups excluding carboxylic acids is 2. The molecule has 11 nitrogen and oxygen atoms in total. The van der Waals surface area contributed by atoms with Crippen LogP contribution in [0.2, 0.25) is 0 Å². The molecule has 1 unspecified atom stereocenters. The van der Waals surface area contributed by atoms with Gasteiger partial charge in [-0.25, -0.2) is 0 Å². The molecular weight excluding hydrogens is 356 g/mol. The predicted molar refractivity (Wildman–Crippen MR) is 82.0 cm³/mol. The number of nitrogens with zero attached hydrogens (tertiary/aromatic N) is 2. The van der Waals surface area contributed by atoms with E-state index in [4.69, 9.17) is 4.55 Å². The molecule has 1 aliphatic rings. The van der Waals surface area contributed by atoms with Crippen molar-refractivity contribution in [2.24, 2.45) is 0 Å². The Hall–Kier alpha value is -2.41. The molecule has 2 rings (SSSR count). The Morgan fingerprint density at radius 2 is 2.24 bits per heavy atom. The minimum Gasteiger partial charge on any atom is -0.870 e. The molecule has 25 heavy (non-hydrogen) atoms. The number of aromatic nitrogens is 2. The van der Waals surface area contributed by atoms with Gasteiger partial charge in [0.1, 0.15) is 6.20 Å². The van der Waals surface area contributed by atoms with Gasteiger partial charge in [0, 0.05) is 12.6 Å². The average Bonchev–Trinajstić information content (AvgIpc) is 2.54. The molecule has 1 atom stereocenters. The second kappa shape index (κ2) is 8.62. The first-order valence-corrected chi connectivity index (χ1v) is 8.51. The fourth-order valence-electron chi connectivity index (χ4n) is 2.08. The lowest BCUT2D eigenvalue weighted by Crippen LogP contribution is -2.53. The number of hydrogen-bond acceptors (Lipinski definition) is 8. The van der Waals surface area contributed by atoms with Crippen molar-refractivity contribution in [3.05, 3.63) is 35.9 Å². The zero-order valence-corrected chi connectivity index (χ0v) is 14.1. The summed E-state index contributed by atoms with van der Waals surface area (Å²) in [5, 5.41) is 5.44. The summed E-state index contributed by atoms with van der Waals surface area (Å²) in [5.41, 5.74) is 0.397. The number of carbonyl (C=O) groups is 2. The third-order valence-corrected chi connectivity index (χ3v) is 3.42. The second-order valence-corrected chi connectivity index (χ2v) is 5.85. The number of nitrogens with one attached hydrogen (secondary N) is 2. The molecule has 1 aromatic rings. The zero-order chi connectivity index (χ0) is 17.7. The van der Waals surface area contributed by atoms with E-state index in [1.165, 1.54) is 6.07 Å². The summed E-state index contributed by atoms with van der Waals surface area (Å²) in [6.07, 6.45) is 5.70. The molecule has 0 aliphatic carbocycles. The maximum absolute atomic E-state index is 12.2. The van der Waals surface area contributed by atoms with Crippen molar-refractivity contribution in [1.82, 2.24) is 15.6 Å². The Morgan fingerprint density at radius 3 is 2.80 bits per heavy atom. The van der Waals surface area contributed by atoms with Crippen molar-refractivity contribution >= 4 is 22.1 Å². The Labute approximate surface area is 143 Å². The van der Waals surface area contributed by atoms with Gasteiger partial charge in [-0.05, 0) is 29.6 Å². The summed E-state index contributed by atoms with van der Waals surface area (Å²) in [5.74, 6) is -2.64. The zero-order valence-electron chi connectivity index (χ0n) is 13.2. The largest absolute Gasteiger partial charge is 0.870 e. The minimum atomic E-state index is -4.90. The van der Waals surface area contributed by atoms with Gasteiger partial charge in [0.05, 0.1) is 6.04 Å². The number of likely N-dealkylation sites (N-methyl/N-ethyl adjacent to an activating group) is 1. The SMILES string of the molecule is CCNC(=O)C(=O)c1nc(C2C=CCCN2)cc[n+]1OS(=O)(=O)O.[OH-]. The van der Waals surface area contributed by atoms with E-state index in [0.29, 0.717) is 17.0 Å². The van der Waals surface area contributed by atoms with Crippen LogP contribution in [0.15, 0.2) is 24.4 Å². The maximum Gasteiger partial charge on any atom is 0.482 e. The molecule has 0 radical (unpaired) electrons. The van der Waals surface area contributed by atoms with Crippen LogP contribution in [0.1, 0.15) is 35.7 Å². The molecule has 2 heterocycles. The van der Waals surface area contributed by atoms with E-state index in [1.54, 1.807) is 6.92 Å². The van der Waals surface area contributed by atoms with Gasteiger partial charge in [0.25, 0.3) is 0 Å². The first kappa shape index (κ1) is 20.6. The monoisotopic (exact) mass is 374 g/mol. The fraction of sp³-hybridized carbons (Fsp3) is 0.385. The lowest BCUT2D eigenvalue weighted by Gasteiger charge is -2.15. The summed E-state index contributed by atoms with van der Waals surface area (Å²) >= 11 is 0. The van der Waals surface area contributed by atoms with Crippen LogP contribution in [0.4, 0.5) is 0 Å². The molecule has 0 saturated heterocycles. The van der Waals surface area contributed by atoms with Crippen molar-refractivity contribution in [3.8, 4) is 0 Å². The highest BCUT2D eigenvalue weighted by Gasteiger charge is 2.34. The average molecular weight is 374 g/mol. The molecule has 4 N–H and O–H groups in total. The van der Waals surface area contributed by atoms with Crippen LogP contribution in [0, 0.1) is 0 Å². The van der Waals surface area contributed by atoms with Crippen LogP contribution < -0.4 is 19.6 Å². The number of hydrogen-bond donors (Lipinski definition) is 3. The number of ketones is 1. The van der Waals surface area contributed by atoms with Gasteiger partial charge in [-0.1, -0.05) is 12.2 Å². The Bertz CT molecular complexity index is 779. The van der Waals surface area contributed by atoms with Gasteiger partial charge in [0.2, 0.25) is 0 Å². The van der Waals surface area contributed by atoms with E-state index in [2.05, 4.69) is 19.9 Å². The Morgan fingerprint density at radius 1 is 1.52 bits per heavy atom. The normalized spacial score (nSPS) is 16.6. The van der Waals surface area contributed by atoms with Gasteiger partial charge in [-0.15, -0.1) is 0 Å². The van der Waals surface area contributed by atoms with Gasteiger partial charge >= 0.3 is 27.9 Å². The smallest absolute Gasteiger partial charge is 0.482 e. The molecule has 0 spiro atoms. The first-order chi connectivity index (χ1) is 11.3. The summed E-state index contributed by atoms with van der Waals surface area (Å²) in [7, 11) is -4.90. The molecular formula is C13H18N4O7S. The summed E-state index contributed by atoms with van der Waals surface area (Å²) in [4.78, 5) is 27.9. The lowest BCUT2D eigenvalue weighted by molar-refractivity contribution is -0.860. The molecule has 138 valence electrons. The summed E-state index contributed by atoms with van der Waals surface area (Å²) in [6, 6.07) is 1.12. The third-order valence-electron chi connectivity index (χ3n) is 3.07. The Kier molecular flexibility index (Phi) is 7.11. The van der Waals surface area contributed by atoms with Crippen molar-refractivity contribution < 1.29 is 37.1 Å². The highest BCUT2D eigenvalue weighted by Crippen LogP contribution is 2.14. The van der Waals surface area contributed by atoms with Crippen LogP contribution in [-0.4, -0.2) is 48.2 Å². The molecule has 0 bridgehead atoms. The van der Waals surface area contributed by atoms with Crippen LogP contribution >= 0.6 is 0 Å². The number of Topliss-reactive ketones (excluding diaryl/α,β-unsaturated/α-hetero) is 1. The number of amides is 1. The summed E-state index contributed by atoms with van der Waals surface area (Å²) in [6.45, 7) is 2.53. The van der Waals surface area contributed by atoms with E-state index in [1.807, 2.05) is 12.2 Å². The molecule has 1 aromatic heterocycles. The quantitative estimate of drug-likeness (QED) is 0.173. The molecule has 0 fully saturated rings. The molecule has 0 aromatic carbocycles. The topological polar surface area (TPSA) is 169 Å². The van der Waals surface area contributed by atoms with Crippen LogP contribution in [-0.2, 0) is 15.2 Å². The van der Waals surface area contributed by atoms with Crippen molar-refractivity contribution in [3.63, 3.8) is 0 Å². The van der Waals surface area contributed by atoms with E-state index in [-0.39, 0.29) is 18.1 Å². The van der Waals surface area contributed by atoms with Gasteiger partial charge in [-0.2, -0.15) is 12.7 Å². The highest BCUT2D eigenvalue weighted by molar-refractivity contribution is 7.80. The first-order valence-electron chi connectivity index (χ1n) is 7.14. The van der Waals surface area contributed by atoms with Crippen molar-refractivity contribution in [2.45, 2.75) is 19.4 Å².